The third-order valence-electron chi connectivity index (χ3n) is 3.83. The van der Waals surface area contributed by atoms with Gasteiger partial charge in [-0.1, -0.05) is 0 Å². The number of carbonyl (C=O) groups is 1. The maximum atomic E-state index is 12.6. The summed E-state index contributed by atoms with van der Waals surface area (Å²) in [6.45, 7) is 7.09. The lowest BCUT2D eigenvalue weighted by Crippen LogP contribution is -2.42. The van der Waals surface area contributed by atoms with Crippen LogP contribution in [0.25, 0.3) is 0 Å². The zero-order valence-corrected chi connectivity index (χ0v) is 12.0. The van der Waals surface area contributed by atoms with Gasteiger partial charge in [0.25, 0.3) is 5.91 Å². The Morgan fingerprint density at radius 2 is 2.32 bits per heavy atom. The largest absolute Gasteiger partial charge is 0.395 e. The topological polar surface area (TPSA) is 73.4 Å². The van der Waals surface area contributed by atoms with Gasteiger partial charge in [0.2, 0.25) is 0 Å². The minimum atomic E-state index is -0.0812. The van der Waals surface area contributed by atoms with Gasteiger partial charge < -0.3 is 15.4 Å². The number of hydrogen-bond acceptors (Lipinski definition) is 4. The Morgan fingerprint density at radius 1 is 1.63 bits per heavy atom. The number of likely N-dealkylation sites (N-methyl/N-ethyl adjacent to an activating group) is 1. The van der Waals surface area contributed by atoms with E-state index in [0.29, 0.717) is 30.2 Å². The molecule has 1 fully saturated rings. The molecule has 19 heavy (non-hydrogen) atoms. The van der Waals surface area contributed by atoms with Crippen LogP contribution >= 0.6 is 0 Å². The summed E-state index contributed by atoms with van der Waals surface area (Å²) in [4.78, 5) is 14.4. The SMILES string of the molecule is CCn1nc(C)c(N)c1C(=O)N(C)C1CCOC1C. The lowest BCUT2D eigenvalue weighted by molar-refractivity contribution is 0.0565. The predicted octanol–water partition coefficient (Wildman–Crippen LogP) is 1.04. The van der Waals surface area contributed by atoms with Gasteiger partial charge in [-0.15, -0.1) is 0 Å². The van der Waals surface area contributed by atoms with Crippen molar-refractivity contribution in [3.63, 3.8) is 0 Å². The Morgan fingerprint density at radius 3 is 2.84 bits per heavy atom. The van der Waals surface area contributed by atoms with Gasteiger partial charge >= 0.3 is 0 Å². The normalized spacial score (nSPS) is 22.7. The Balaban J connectivity index is 2.28. The second-order valence-electron chi connectivity index (χ2n) is 5.01. The van der Waals surface area contributed by atoms with Crippen molar-refractivity contribution in [3.8, 4) is 0 Å². The van der Waals surface area contributed by atoms with E-state index in [0.717, 1.165) is 6.42 Å². The number of anilines is 1. The summed E-state index contributed by atoms with van der Waals surface area (Å²) in [5.74, 6) is -0.0812. The number of ether oxygens (including phenoxy) is 1. The summed E-state index contributed by atoms with van der Waals surface area (Å²) in [6, 6.07) is 0.104. The molecule has 0 aliphatic carbocycles. The molecule has 2 rings (SSSR count). The summed E-state index contributed by atoms with van der Waals surface area (Å²) in [5.41, 5.74) is 7.66. The van der Waals surface area contributed by atoms with Crippen molar-refractivity contribution in [3.05, 3.63) is 11.4 Å². The van der Waals surface area contributed by atoms with Gasteiger partial charge in [-0.2, -0.15) is 5.10 Å². The van der Waals surface area contributed by atoms with Gasteiger partial charge in [0.05, 0.1) is 23.5 Å². The highest BCUT2D eigenvalue weighted by Gasteiger charge is 2.33. The Hall–Kier alpha value is -1.56. The maximum Gasteiger partial charge on any atom is 0.274 e. The van der Waals surface area contributed by atoms with Crippen molar-refractivity contribution < 1.29 is 9.53 Å². The maximum absolute atomic E-state index is 12.6. The van der Waals surface area contributed by atoms with E-state index < -0.39 is 0 Å². The van der Waals surface area contributed by atoms with Gasteiger partial charge in [0.15, 0.2) is 0 Å². The van der Waals surface area contributed by atoms with Gasteiger partial charge in [0.1, 0.15) is 5.69 Å². The highest BCUT2D eigenvalue weighted by molar-refractivity contribution is 5.98. The van der Waals surface area contributed by atoms with Crippen LogP contribution in [0.3, 0.4) is 0 Å². The van der Waals surface area contributed by atoms with Crippen LogP contribution < -0.4 is 5.73 Å². The number of rotatable bonds is 3. The third-order valence-corrected chi connectivity index (χ3v) is 3.83. The van der Waals surface area contributed by atoms with Gasteiger partial charge in [0, 0.05) is 20.2 Å². The monoisotopic (exact) mass is 266 g/mol. The van der Waals surface area contributed by atoms with E-state index in [1.807, 2.05) is 20.8 Å². The molecule has 1 amide bonds. The highest BCUT2D eigenvalue weighted by Crippen LogP contribution is 2.23. The van der Waals surface area contributed by atoms with Crippen LogP contribution in [-0.2, 0) is 11.3 Å². The molecular formula is C13H22N4O2. The fourth-order valence-corrected chi connectivity index (χ4v) is 2.60. The number of nitrogens with two attached hydrogens (primary N) is 1. The molecule has 1 aliphatic rings. The predicted molar refractivity (Wildman–Crippen MR) is 73.0 cm³/mol. The highest BCUT2D eigenvalue weighted by atomic mass is 16.5. The fourth-order valence-electron chi connectivity index (χ4n) is 2.60. The second-order valence-corrected chi connectivity index (χ2v) is 5.01. The smallest absolute Gasteiger partial charge is 0.274 e. The molecule has 2 N–H and O–H groups in total. The van der Waals surface area contributed by atoms with E-state index in [-0.39, 0.29) is 18.1 Å². The number of amides is 1. The number of aryl methyl sites for hydroxylation is 2. The first-order valence-corrected chi connectivity index (χ1v) is 6.69. The molecule has 106 valence electrons. The van der Waals surface area contributed by atoms with Crippen LogP contribution in [0.1, 0.15) is 36.5 Å². The summed E-state index contributed by atoms with van der Waals surface area (Å²) >= 11 is 0. The van der Waals surface area contributed by atoms with Crippen molar-refractivity contribution in [1.82, 2.24) is 14.7 Å². The average molecular weight is 266 g/mol. The minimum Gasteiger partial charge on any atom is -0.395 e. The van der Waals surface area contributed by atoms with Gasteiger partial charge in [-0.25, -0.2) is 0 Å². The molecule has 1 aromatic rings. The zero-order chi connectivity index (χ0) is 14.2. The van der Waals surface area contributed by atoms with E-state index >= 15 is 0 Å². The molecule has 2 unspecified atom stereocenters. The van der Waals surface area contributed by atoms with Crippen molar-refractivity contribution >= 4 is 11.6 Å². The molecule has 1 aliphatic heterocycles. The molecule has 0 bridgehead atoms. The van der Waals surface area contributed by atoms with Crippen molar-refractivity contribution in [2.24, 2.45) is 0 Å². The molecule has 2 heterocycles. The molecule has 6 heteroatoms. The van der Waals surface area contributed by atoms with E-state index in [1.165, 1.54) is 0 Å². The summed E-state index contributed by atoms with van der Waals surface area (Å²) < 4.78 is 7.19. The first-order chi connectivity index (χ1) is 8.97. The molecular weight excluding hydrogens is 244 g/mol. The molecule has 2 atom stereocenters. The molecule has 1 saturated heterocycles. The summed E-state index contributed by atoms with van der Waals surface area (Å²) in [7, 11) is 1.81. The van der Waals surface area contributed by atoms with Crippen LogP contribution in [0.2, 0.25) is 0 Å². The molecule has 0 saturated carbocycles. The van der Waals surface area contributed by atoms with E-state index in [1.54, 1.807) is 16.6 Å². The second kappa shape index (κ2) is 5.21. The number of hydrogen-bond donors (Lipinski definition) is 1. The van der Waals surface area contributed by atoms with Crippen LogP contribution in [0, 0.1) is 6.92 Å². The minimum absolute atomic E-state index is 0.0641. The molecule has 1 aromatic heterocycles. The van der Waals surface area contributed by atoms with Crippen molar-refractivity contribution in [2.75, 3.05) is 19.4 Å². The first-order valence-electron chi connectivity index (χ1n) is 6.69. The van der Waals surface area contributed by atoms with Crippen LogP contribution in [0.15, 0.2) is 0 Å². The Kier molecular flexibility index (Phi) is 3.80. The van der Waals surface area contributed by atoms with E-state index in [4.69, 9.17) is 10.5 Å². The average Bonchev–Trinajstić information content (AvgIpc) is 2.93. The van der Waals surface area contributed by atoms with E-state index in [9.17, 15) is 4.79 Å². The van der Waals surface area contributed by atoms with Crippen LogP contribution in [0.4, 0.5) is 5.69 Å². The standard InChI is InChI=1S/C13H22N4O2/c1-5-17-12(11(14)8(2)15-17)13(18)16(4)10-6-7-19-9(10)3/h9-10H,5-7,14H2,1-4H3. The number of carbonyl (C=O) groups excluding carboxylic acids is 1. The quantitative estimate of drug-likeness (QED) is 0.887. The van der Waals surface area contributed by atoms with Crippen molar-refractivity contribution in [2.45, 2.75) is 45.9 Å². The molecule has 0 aromatic carbocycles. The Bertz CT molecular complexity index is 483. The fraction of sp³-hybridized carbons (Fsp3) is 0.692. The number of aromatic nitrogens is 2. The zero-order valence-electron chi connectivity index (χ0n) is 12.0. The van der Waals surface area contributed by atoms with E-state index in [2.05, 4.69) is 5.10 Å². The third kappa shape index (κ3) is 2.32. The van der Waals surface area contributed by atoms with Crippen LogP contribution in [0.5, 0.6) is 0 Å². The summed E-state index contributed by atoms with van der Waals surface area (Å²) in [5, 5.41) is 4.29. The number of nitrogen functional groups attached to an aromatic ring is 1. The first kappa shape index (κ1) is 13.9. The van der Waals surface area contributed by atoms with Gasteiger partial charge in [-0.05, 0) is 27.2 Å². The summed E-state index contributed by atoms with van der Waals surface area (Å²) in [6.07, 6.45) is 0.928. The lowest BCUT2D eigenvalue weighted by Gasteiger charge is -2.27. The molecule has 0 spiro atoms. The Labute approximate surface area is 113 Å². The van der Waals surface area contributed by atoms with Gasteiger partial charge in [-0.3, -0.25) is 9.48 Å². The molecule has 6 nitrogen and oxygen atoms in total. The lowest BCUT2D eigenvalue weighted by atomic mass is 10.1. The number of nitrogens with zero attached hydrogens (tertiary/aromatic N) is 3. The van der Waals surface area contributed by atoms with Crippen LogP contribution in [-0.4, -0.2) is 46.4 Å². The molecule has 0 radical (unpaired) electrons. The van der Waals surface area contributed by atoms with Crippen molar-refractivity contribution in [1.29, 1.82) is 0 Å².